The fourth-order valence-electron chi connectivity index (χ4n) is 2.63. The third-order valence-corrected chi connectivity index (χ3v) is 3.90. The molecule has 1 aliphatic heterocycles. The minimum atomic E-state index is -0.408. The molecule has 0 radical (unpaired) electrons. The Hall–Kier alpha value is -1.75. The average Bonchev–Trinajstić information content (AvgIpc) is 2.38. The molecule has 1 saturated heterocycles. The summed E-state index contributed by atoms with van der Waals surface area (Å²) in [5, 5.41) is 0. The number of nitrogens with zero attached hydrogens (tertiary/aromatic N) is 2. The summed E-state index contributed by atoms with van der Waals surface area (Å²) < 4.78 is 0. The molecule has 2 rings (SSSR count). The molecular formula is C14H22N4O. The Morgan fingerprint density at radius 1 is 1.37 bits per heavy atom. The zero-order valence-electron chi connectivity index (χ0n) is 11.6. The van der Waals surface area contributed by atoms with Gasteiger partial charge in [0.1, 0.15) is 0 Å². The molecule has 1 heterocycles. The summed E-state index contributed by atoms with van der Waals surface area (Å²) in [5.41, 5.74) is 13.3. The van der Waals surface area contributed by atoms with Gasteiger partial charge < -0.3 is 21.3 Å². The molecule has 0 aliphatic carbocycles. The Morgan fingerprint density at radius 3 is 2.58 bits per heavy atom. The third kappa shape index (κ3) is 2.98. The van der Waals surface area contributed by atoms with Gasteiger partial charge in [-0.3, -0.25) is 4.79 Å². The molecule has 4 N–H and O–H groups in total. The predicted molar refractivity (Wildman–Crippen MR) is 78.3 cm³/mol. The average molecular weight is 262 g/mol. The van der Waals surface area contributed by atoms with Crippen LogP contribution in [0.2, 0.25) is 0 Å². The number of anilines is 2. The quantitative estimate of drug-likeness (QED) is 0.794. The highest BCUT2D eigenvalue weighted by molar-refractivity contribution is 5.99. The van der Waals surface area contributed by atoms with Crippen molar-refractivity contribution in [2.75, 3.05) is 37.8 Å². The second-order valence-corrected chi connectivity index (χ2v) is 5.29. The monoisotopic (exact) mass is 262 g/mol. The van der Waals surface area contributed by atoms with Gasteiger partial charge in [-0.15, -0.1) is 0 Å². The molecule has 5 nitrogen and oxygen atoms in total. The highest BCUT2D eigenvalue weighted by Crippen LogP contribution is 2.27. The molecule has 0 atom stereocenters. The van der Waals surface area contributed by atoms with E-state index in [9.17, 15) is 4.79 Å². The number of carbonyl (C=O) groups is 1. The number of benzene rings is 1. The van der Waals surface area contributed by atoms with Crippen molar-refractivity contribution in [3.05, 3.63) is 23.8 Å². The second-order valence-electron chi connectivity index (χ2n) is 5.29. The first-order valence-electron chi connectivity index (χ1n) is 6.59. The topological polar surface area (TPSA) is 75.6 Å². The molecule has 19 heavy (non-hydrogen) atoms. The van der Waals surface area contributed by atoms with Crippen LogP contribution in [0.15, 0.2) is 18.2 Å². The fraction of sp³-hybridized carbons (Fsp3) is 0.500. The van der Waals surface area contributed by atoms with Crippen LogP contribution in [0, 0.1) is 0 Å². The van der Waals surface area contributed by atoms with Crippen LogP contribution in [0.25, 0.3) is 0 Å². The molecule has 0 aromatic heterocycles. The lowest BCUT2D eigenvalue weighted by molar-refractivity contribution is 0.100. The van der Waals surface area contributed by atoms with Crippen LogP contribution >= 0.6 is 0 Å². The standard InChI is InChI=1S/C14H22N4O/c1-17-7-5-11(6-8-17)18(2)13-9-10(15)3-4-12(13)14(16)19/h3-4,9,11H,5-8,15H2,1-2H3,(H2,16,19). The van der Waals surface area contributed by atoms with Crippen molar-refractivity contribution in [2.24, 2.45) is 5.73 Å². The summed E-state index contributed by atoms with van der Waals surface area (Å²) in [6, 6.07) is 5.68. The lowest BCUT2D eigenvalue weighted by Crippen LogP contribution is -2.42. The summed E-state index contributed by atoms with van der Waals surface area (Å²) in [6.45, 7) is 2.15. The van der Waals surface area contributed by atoms with Gasteiger partial charge in [0.25, 0.3) is 5.91 Å². The predicted octanol–water partition coefficient (Wildman–Crippen LogP) is 0.898. The van der Waals surface area contributed by atoms with Crippen molar-refractivity contribution >= 4 is 17.3 Å². The van der Waals surface area contributed by atoms with Gasteiger partial charge in [-0.25, -0.2) is 0 Å². The van der Waals surface area contributed by atoms with E-state index in [2.05, 4.69) is 16.8 Å². The Balaban J connectivity index is 2.25. The summed E-state index contributed by atoms with van der Waals surface area (Å²) in [4.78, 5) is 16.0. The minimum absolute atomic E-state index is 0.408. The fourth-order valence-corrected chi connectivity index (χ4v) is 2.63. The second kappa shape index (κ2) is 5.48. The number of piperidine rings is 1. The number of carbonyl (C=O) groups excluding carboxylic acids is 1. The molecule has 5 heteroatoms. The van der Waals surface area contributed by atoms with Crippen LogP contribution < -0.4 is 16.4 Å². The van der Waals surface area contributed by atoms with Gasteiger partial charge in [-0.05, 0) is 51.2 Å². The number of rotatable bonds is 3. The van der Waals surface area contributed by atoms with Crippen LogP contribution in [0.1, 0.15) is 23.2 Å². The number of primary amides is 1. The van der Waals surface area contributed by atoms with Gasteiger partial charge >= 0.3 is 0 Å². The summed E-state index contributed by atoms with van der Waals surface area (Å²) in [7, 11) is 4.14. The van der Waals surface area contributed by atoms with Gasteiger partial charge in [0.2, 0.25) is 0 Å². The molecule has 1 amide bonds. The van der Waals surface area contributed by atoms with E-state index in [0.29, 0.717) is 17.3 Å². The van der Waals surface area contributed by atoms with Crippen molar-refractivity contribution in [1.82, 2.24) is 4.90 Å². The Morgan fingerprint density at radius 2 is 2.00 bits per heavy atom. The van der Waals surface area contributed by atoms with E-state index in [1.54, 1.807) is 12.1 Å². The first kappa shape index (κ1) is 13.7. The van der Waals surface area contributed by atoms with Gasteiger partial charge in [0.05, 0.1) is 11.3 Å². The highest BCUT2D eigenvalue weighted by atomic mass is 16.1. The zero-order chi connectivity index (χ0) is 14.0. The lowest BCUT2D eigenvalue weighted by Gasteiger charge is -2.37. The van der Waals surface area contributed by atoms with E-state index in [-0.39, 0.29) is 0 Å². The number of nitrogens with two attached hydrogens (primary N) is 2. The van der Waals surface area contributed by atoms with E-state index in [1.807, 2.05) is 13.1 Å². The van der Waals surface area contributed by atoms with Crippen molar-refractivity contribution in [3.63, 3.8) is 0 Å². The number of nitrogen functional groups attached to an aromatic ring is 1. The van der Waals surface area contributed by atoms with Crippen molar-refractivity contribution in [3.8, 4) is 0 Å². The van der Waals surface area contributed by atoms with Crippen molar-refractivity contribution in [1.29, 1.82) is 0 Å². The lowest BCUT2D eigenvalue weighted by atomic mass is 10.0. The highest BCUT2D eigenvalue weighted by Gasteiger charge is 2.23. The molecule has 1 aromatic rings. The molecule has 104 valence electrons. The maximum absolute atomic E-state index is 11.5. The van der Waals surface area contributed by atoms with Crippen LogP contribution in [-0.4, -0.2) is 44.0 Å². The van der Waals surface area contributed by atoms with Crippen LogP contribution in [0.4, 0.5) is 11.4 Å². The summed E-state index contributed by atoms with van der Waals surface area (Å²) >= 11 is 0. The molecule has 1 fully saturated rings. The maximum Gasteiger partial charge on any atom is 0.250 e. The van der Waals surface area contributed by atoms with Gasteiger partial charge in [-0.1, -0.05) is 0 Å². The number of hydrogen-bond donors (Lipinski definition) is 2. The Kier molecular flexibility index (Phi) is 3.95. The van der Waals surface area contributed by atoms with Gasteiger partial charge in [0, 0.05) is 18.8 Å². The molecule has 0 spiro atoms. The molecule has 0 unspecified atom stereocenters. The molecule has 0 saturated carbocycles. The van der Waals surface area contributed by atoms with E-state index in [1.165, 1.54) is 0 Å². The molecular weight excluding hydrogens is 240 g/mol. The van der Waals surface area contributed by atoms with Crippen LogP contribution in [0.3, 0.4) is 0 Å². The minimum Gasteiger partial charge on any atom is -0.399 e. The molecule has 1 aromatic carbocycles. The first-order chi connectivity index (χ1) is 8.99. The largest absolute Gasteiger partial charge is 0.399 e. The molecule has 0 bridgehead atoms. The van der Waals surface area contributed by atoms with Crippen molar-refractivity contribution < 1.29 is 4.79 Å². The number of amides is 1. The summed E-state index contributed by atoms with van der Waals surface area (Å²) in [5.74, 6) is -0.408. The van der Waals surface area contributed by atoms with Gasteiger partial charge in [-0.2, -0.15) is 0 Å². The Bertz CT molecular complexity index is 467. The maximum atomic E-state index is 11.5. The van der Waals surface area contributed by atoms with E-state index < -0.39 is 5.91 Å². The zero-order valence-corrected chi connectivity index (χ0v) is 11.6. The summed E-state index contributed by atoms with van der Waals surface area (Å²) in [6.07, 6.45) is 2.17. The van der Waals surface area contributed by atoms with E-state index in [4.69, 9.17) is 11.5 Å². The van der Waals surface area contributed by atoms with E-state index in [0.717, 1.165) is 31.6 Å². The Labute approximate surface area is 114 Å². The van der Waals surface area contributed by atoms with Gasteiger partial charge in [0.15, 0.2) is 0 Å². The third-order valence-electron chi connectivity index (χ3n) is 3.90. The van der Waals surface area contributed by atoms with E-state index >= 15 is 0 Å². The number of likely N-dealkylation sites (tertiary alicyclic amines) is 1. The van der Waals surface area contributed by atoms with Crippen molar-refractivity contribution in [2.45, 2.75) is 18.9 Å². The van der Waals surface area contributed by atoms with Crippen LogP contribution in [0.5, 0.6) is 0 Å². The number of hydrogen-bond acceptors (Lipinski definition) is 4. The smallest absolute Gasteiger partial charge is 0.250 e. The SMILES string of the molecule is CN1CCC(N(C)c2cc(N)ccc2C(N)=O)CC1. The van der Waals surface area contributed by atoms with Crippen LogP contribution in [-0.2, 0) is 0 Å². The first-order valence-corrected chi connectivity index (χ1v) is 6.59. The normalized spacial score (nSPS) is 17.4. The molecule has 1 aliphatic rings.